The molecular formula is C2H2O5P. The van der Waals surface area contributed by atoms with Gasteiger partial charge in [-0.1, -0.05) is 0 Å². The molecule has 0 unspecified atom stereocenters. The molecule has 0 atom stereocenters. The van der Waals surface area contributed by atoms with Crippen LogP contribution in [0.4, 0.5) is 9.59 Å². The molecule has 6 heteroatoms. The molecule has 0 aromatic heterocycles. The number of carbonyl (C=O) groups is 2. The lowest BCUT2D eigenvalue weighted by atomic mass is 11.6. The lowest BCUT2D eigenvalue weighted by Crippen LogP contribution is -1.91. The van der Waals surface area contributed by atoms with Crippen molar-refractivity contribution in [1.82, 2.24) is 0 Å². The van der Waals surface area contributed by atoms with Gasteiger partial charge in [0.2, 0.25) is 0 Å². The van der Waals surface area contributed by atoms with Crippen molar-refractivity contribution >= 4 is 19.2 Å². The van der Waals surface area contributed by atoms with Crippen LogP contribution in [0.25, 0.3) is 0 Å². The Kier molecular flexibility index (Phi) is 2.09. The topological polar surface area (TPSA) is 91.7 Å². The summed E-state index contributed by atoms with van der Waals surface area (Å²) in [4.78, 5) is 19.0. The van der Waals surface area contributed by atoms with E-state index in [1.165, 1.54) is 0 Å². The van der Waals surface area contributed by atoms with Crippen LogP contribution in [0.2, 0.25) is 0 Å². The van der Waals surface area contributed by atoms with Gasteiger partial charge in [-0.05, 0) is 0 Å². The van der Waals surface area contributed by atoms with Gasteiger partial charge in [0.15, 0.2) is 0 Å². The van der Waals surface area contributed by atoms with Crippen LogP contribution in [0.15, 0.2) is 0 Å². The Balaban J connectivity index is 4.05. The Hall–Kier alpha value is -0.960. The maximum atomic E-state index is 9.79. The van der Waals surface area contributed by atoms with Gasteiger partial charge >= 0.3 is 11.4 Å². The highest BCUT2D eigenvalue weighted by molar-refractivity contribution is 7.77. The number of hydrogen-bond donors (Lipinski definition) is 2. The molecule has 8 heavy (non-hydrogen) atoms. The maximum Gasteiger partial charge on any atom is 0.396 e. The average molecular weight is 137 g/mol. The quantitative estimate of drug-likeness (QED) is 0.557. The highest BCUT2D eigenvalue weighted by atomic mass is 31.1. The van der Waals surface area contributed by atoms with Crippen LogP contribution in [-0.4, -0.2) is 21.6 Å². The average Bonchev–Trinajstić information content (AvgIpc) is 1.64. The first-order chi connectivity index (χ1) is 3.55. The normalized spacial score (nSPS) is 8.00. The molecule has 0 saturated heterocycles. The van der Waals surface area contributed by atoms with E-state index >= 15 is 0 Å². The molecule has 5 nitrogen and oxygen atoms in total. The monoisotopic (exact) mass is 137 g/mol. The van der Waals surface area contributed by atoms with E-state index < -0.39 is 19.2 Å². The second-order valence-electron chi connectivity index (χ2n) is 0.860. The van der Waals surface area contributed by atoms with Crippen molar-refractivity contribution in [2.45, 2.75) is 0 Å². The molecule has 0 bridgehead atoms. The Morgan fingerprint density at radius 2 is 1.38 bits per heavy atom. The fraction of sp³-hybridized carbons (Fsp3) is 0. The number of carboxylic acid groups (broad SMARTS) is 2. The summed E-state index contributed by atoms with van der Waals surface area (Å²) >= 11 is 0. The third kappa shape index (κ3) is 1.66. The Labute approximate surface area is 44.7 Å². The molecule has 0 heterocycles. The van der Waals surface area contributed by atoms with Crippen molar-refractivity contribution in [2.75, 3.05) is 0 Å². The maximum absolute atomic E-state index is 9.79. The number of hydrogen-bond acceptors (Lipinski definition) is 3. The standard InChI is InChI=1S/C2H2O5P/c3-1(4)8(7)2(5)6/h(H,3,4)(H,5,6). The number of rotatable bonds is 2. The van der Waals surface area contributed by atoms with E-state index in [9.17, 15) is 14.2 Å². The van der Waals surface area contributed by atoms with Gasteiger partial charge in [-0.2, -0.15) is 0 Å². The van der Waals surface area contributed by atoms with Crippen LogP contribution in [0.3, 0.4) is 0 Å². The molecule has 0 aromatic carbocycles. The van der Waals surface area contributed by atoms with Crippen molar-refractivity contribution in [3.8, 4) is 0 Å². The zero-order valence-electron chi connectivity index (χ0n) is 3.57. The molecule has 0 aliphatic carbocycles. The van der Waals surface area contributed by atoms with Gasteiger partial charge in [-0.25, -0.2) is 9.59 Å². The largest absolute Gasteiger partial charge is 0.473 e. The first-order valence-electron chi connectivity index (χ1n) is 1.49. The van der Waals surface area contributed by atoms with Gasteiger partial charge in [0, 0.05) is 0 Å². The summed E-state index contributed by atoms with van der Waals surface area (Å²) in [7, 11) is -3.12. The Morgan fingerprint density at radius 3 is 1.38 bits per heavy atom. The second kappa shape index (κ2) is 2.37. The smallest absolute Gasteiger partial charge is 0.396 e. The second-order valence-corrected chi connectivity index (χ2v) is 2.21. The van der Waals surface area contributed by atoms with Crippen molar-refractivity contribution in [1.29, 1.82) is 0 Å². The molecule has 0 rings (SSSR count). The fourth-order valence-electron chi connectivity index (χ4n) is 0.0818. The summed E-state index contributed by atoms with van der Waals surface area (Å²) in [6, 6.07) is 0. The molecular weight excluding hydrogens is 135 g/mol. The molecule has 0 fully saturated rings. The van der Waals surface area contributed by atoms with E-state index in [2.05, 4.69) is 0 Å². The van der Waals surface area contributed by atoms with E-state index in [-0.39, 0.29) is 0 Å². The lowest BCUT2D eigenvalue weighted by molar-refractivity contribution is 0.213. The SMILES string of the molecule is O=C(O)[P](=O)C(=O)O. The molecule has 0 saturated carbocycles. The zero-order valence-corrected chi connectivity index (χ0v) is 4.46. The first-order valence-corrected chi connectivity index (χ1v) is 2.74. The third-order valence-corrected chi connectivity index (χ3v) is 1.04. The Morgan fingerprint density at radius 1 is 1.12 bits per heavy atom. The molecule has 1 radical (unpaired) electrons. The third-order valence-electron chi connectivity index (χ3n) is 0.347. The van der Waals surface area contributed by atoms with Crippen LogP contribution in [-0.2, 0) is 4.57 Å². The van der Waals surface area contributed by atoms with E-state index in [0.29, 0.717) is 0 Å². The summed E-state index contributed by atoms with van der Waals surface area (Å²) in [5.74, 6) is 0. The van der Waals surface area contributed by atoms with E-state index in [4.69, 9.17) is 10.2 Å². The highest BCUT2D eigenvalue weighted by Gasteiger charge is 2.18. The molecule has 0 aliphatic rings. The van der Waals surface area contributed by atoms with E-state index in [1.807, 2.05) is 0 Å². The predicted octanol–water partition coefficient (Wildman–Crippen LogP) is 1.17. The van der Waals surface area contributed by atoms with Crippen LogP contribution in [0, 0.1) is 0 Å². The molecule has 0 amide bonds. The van der Waals surface area contributed by atoms with Crippen LogP contribution in [0.1, 0.15) is 0 Å². The minimum absolute atomic E-state index is 1.80. The summed E-state index contributed by atoms with van der Waals surface area (Å²) in [6.07, 6.45) is 0. The van der Waals surface area contributed by atoms with Crippen LogP contribution >= 0.6 is 7.80 Å². The molecule has 0 spiro atoms. The minimum Gasteiger partial charge on any atom is -0.473 e. The van der Waals surface area contributed by atoms with Crippen molar-refractivity contribution in [3.05, 3.63) is 0 Å². The van der Waals surface area contributed by atoms with Crippen molar-refractivity contribution in [3.63, 3.8) is 0 Å². The van der Waals surface area contributed by atoms with Gasteiger partial charge in [0.1, 0.15) is 0 Å². The molecule has 0 aromatic rings. The summed E-state index contributed by atoms with van der Waals surface area (Å²) < 4.78 is 9.79. The summed E-state index contributed by atoms with van der Waals surface area (Å²) in [5, 5.41) is 15.4. The van der Waals surface area contributed by atoms with Gasteiger partial charge in [-0.3, -0.25) is 4.57 Å². The van der Waals surface area contributed by atoms with Gasteiger partial charge in [0.25, 0.3) is 7.80 Å². The minimum atomic E-state index is -3.12. The van der Waals surface area contributed by atoms with Gasteiger partial charge in [-0.15, -0.1) is 0 Å². The van der Waals surface area contributed by atoms with Crippen molar-refractivity contribution < 1.29 is 24.4 Å². The lowest BCUT2D eigenvalue weighted by Gasteiger charge is -1.80. The van der Waals surface area contributed by atoms with Crippen LogP contribution in [0.5, 0.6) is 0 Å². The van der Waals surface area contributed by atoms with Gasteiger partial charge in [0.05, 0.1) is 0 Å². The van der Waals surface area contributed by atoms with E-state index in [0.717, 1.165) is 0 Å². The molecule has 2 N–H and O–H groups in total. The zero-order chi connectivity index (χ0) is 6.73. The van der Waals surface area contributed by atoms with Crippen LogP contribution < -0.4 is 0 Å². The molecule has 45 valence electrons. The van der Waals surface area contributed by atoms with Gasteiger partial charge < -0.3 is 10.2 Å². The summed E-state index contributed by atoms with van der Waals surface area (Å²) in [6.45, 7) is 0. The van der Waals surface area contributed by atoms with E-state index in [1.54, 1.807) is 0 Å². The molecule has 0 aliphatic heterocycles. The predicted molar refractivity (Wildman–Crippen MR) is 23.7 cm³/mol. The Bertz CT molecular complexity index is 133. The fourth-order valence-corrected chi connectivity index (χ4v) is 0.245. The first kappa shape index (κ1) is 7.04. The highest BCUT2D eigenvalue weighted by Crippen LogP contribution is 2.20. The summed E-state index contributed by atoms with van der Waals surface area (Å²) in [5.41, 5.74) is -3.60. The van der Waals surface area contributed by atoms with Crippen molar-refractivity contribution in [2.24, 2.45) is 0 Å².